The Morgan fingerprint density at radius 2 is 0.779 bits per heavy atom. The molecule has 5 heterocycles. The third-order valence-electron chi connectivity index (χ3n) is 17.1. The van der Waals surface area contributed by atoms with Crippen molar-refractivity contribution in [2.75, 3.05) is 0 Å². The third kappa shape index (κ3) is 7.32. The summed E-state index contributed by atoms with van der Waals surface area (Å²) in [5.74, 6) is 1.39. The second kappa shape index (κ2) is 19.2. The van der Waals surface area contributed by atoms with E-state index in [-0.39, 0.29) is 0 Å². The largest absolute Gasteiger partial charge is 0.310 e. The van der Waals surface area contributed by atoms with Crippen LogP contribution in [-0.4, -0.2) is 33.2 Å². The number of benzene rings is 12. The first kappa shape index (κ1) is 48.5. The number of hydrogen-bond donors (Lipinski definition) is 0. The lowest BCUT2D eigenvalue weighted by molar-refractivity contribution is 1.06. The fourth-order valence-corrected chi connectivity index (χ4v) is 13.4. The average molecular weight is 1100 g/mol. The molecule has 0 radical (unpaired) electrons. The van der Waals surface area contributed by atoms with Crippen LogP contribution in [0, 0.1) is 17.9 Å². The van der Waals surface area contributed by atoms with E-state index in [9.17, 15) is 5.26 Å². The number of rotatable bonds is 8. The normalized spacial score (nSPS) is 11.7. The van der Waals surface area contributed by atoms with Crippen LogP contribution in [0.1, 0.15) is 5.56 Å². The van der Waals surface area contributed by atoms with Gasteiger partial charge in [0.1, 0.15) is 0 Å². The van der Waals surface area contributed by atoms with Crippen molar-refractivity contribution in [2.24, 2.45) is 0 Å². The number of nitrogens with zero attached hydrogens (tertiary/aromatic N) is 9. The Hall–Kier alpha value is -12.2. The molecular formula is C77H45N9. The van der Waals surface area contributed by atoms with E-state index in [1.807, 2.05) is 72.8 Å². The van der Waals surface area contributed by atoms with Gasteiger partial charge >= 0.3 is 0 Å². The highest BCUT2D eigenvalue weighted by Gasteiger charge is 2.27. The number of aromatic nitrogens is 7. The Labute approximate surface area is 492 Å². The first-order chi connectivity index (χ1) is 42.6. The minimum atomic E-state index is 0.442. The minimum Gasteiger partial charge on any atom is -0.310 e. The maximum atomic E-state index is 9.88. The molecule has 0 saturated heterocycles. The zero-order valence-corrected chi connectivity index (χ0v) is 46.0. The van der Waals surface area contributed by atoms with Crippen LogP contribution in [0.4, 0.5) is 5.69 Å². The van der Waals surface area contributed by atoms with Gasteiger partial charge in [-0.15, -0.1) is 0 Å². The highest BCUT2D eigenvalue weighted by molar-refractivity contribution is 6.28. The monoisotopic (exact) mass is 1100 g/mol. The summed E-state index contributed by atoms with van der Waals surface area (Å²) in [6.07, 6.45) is 0. The standard InChI is InChI=1S/C77H45N9/c1-79-52-38-39-61(70(46-52)86-66-32-18-14-28-60(66)72-69(86)44-41-58-56-26-12-16-30-64(56)84(74(58)72)54-23-9-4-10-24-54)76-80-75(50-19-5-2-6-20-50)81-77(82-76)62-45-51(49-35-33-48(47-78)34-36-49)37-42-67(62)85-65-31-17-13-27-59(65)71-68(85)43-40-57-55-25-11-15-29-63(55)83(73(57)71)53-21-7-3-8-22-53/h2-46H. The molecule has 0 aliphatic heterocycles. The summed E-state index contributed by atoms with van der Waals surface area (Å²) in [7, 11) is 0. The lowest BCUT2D eigenvalue weighted by atomic mass is 10.00. The van der Waals surface area contributed by atoms with Gasteiger partial charge in [-0.1, -0.05) is 182 Å². The molecule has 17 rings (SSSR count). The van der Waals surface area contributed by atoms with Crippen molar-refractivity contribution in [1.82, 2.24) is 33.2 Å². The van der Waals surface area contributed by atoms with Crippen molar-refractivity contribution in [3.05, 3.63) is 290 Å². The summed E-state index contributed by atoms with van der Waals surface area (Å²) >= 11 is 0. The number of nitriles is 1. The van der Waals surface area contributed by atoms with Crippen molar-refractivity contribution < 1.29 is 0 Å². The molecule has 0 spiro atoms. The predicted octanol–water partition coefficient (Wildman–Crippen LogP) is 19.4. The van der Waals surface area contributed by atoms with Crippen molar-refractivity contribution in [2.45, 2.75) is 0 Å². The lowest BCUT2D eigenvalue weighted by Gasteiger charge is -2.18. The minimum absolute atomic E-state index is 0.442. The predicted molar refractivity (Wildman–Crippen MR) is 350 cm³/mol. The third-order valence-corrected chi connectivity index (χ3v) is 17.1. The summed E-state index contributed by atoms with van der Waals surface area (Å²) in [6.45, 7) is 8.45. The molecular weight excluding hydrogens is 1050 g/mol. The second-order valence-corrected chi connectivity index (χ2v) is 21.7. The molecule has 398 valence electrons. The molecule has 86 heavy (non-hydrogen) atoms. The van der Waals surface area contributed by atoms with Crippen LogP contribution in [0.15, 0.2) is 273 Å². The van der Waals surface area contributed by atoms with E-state index in [2.05, 4.69) is 229 Å². The van der Waals surface area contributed by atoms with Gasteiger partial charge in [0.05, 0.1) is 68.0 Å². The van der Waals surface area contributed by atoms with E-state index in [1.54, 1.807) is 0 Å². The lowest BCUT2D eigenvalue weighted by Crippen LogP contribution is -2.05. The van der Waals surface area contributed by atoms with E-state index in [0.717, 1.165) is 127 Å². The van der Waals surface area contributed by atoms with Crippen LogP contribution in [0.3, 0.4) is 0 Å². The van der Waals surface area contributed by atoms with Crippen LogP contribution in [0.5, 0.6) is 0 Å². The van der Waals surface area contributed by atoms with E-state index in [4.69, 9.17) is 21.5 Å². The van der Waals surface area contributed by atoms with Crippen molar-refractivity contribution in [3.63, 3.8) is 0 Å². The van der Waals surface area contributed by atoms with Gasteiger partial charge < -0.3 is 18.3 Å². The SMILES string of the molecule is [C-]#[N+]c1ccc(-c2nc(-c3ccccc3)nc(-c3cc(-c4ccc(C#N)cc4)ccc3-n3c4ccccc4c4c3ccc3c5ccccc5n(-c5ccccc5)c34)n2)c(-n2c3ccccc3c3c2ccc2c4ccccc4n(-c4ccccc4)c23)c1. The Kier molecular flexibility index (Phi) is 10.8. The molecule has 17 aromatic rings. The smallest absolute Gasteiger partial charge is 0.189 e. The second-order valence-electron chi connectivity index (χ2n) is 21.7. The number of hydrogen-bond acceptors (Lipinski definition) is 4. The van der Waals surface area contributed by atoms with Gasteiger partial charge in [0, 0.05) is 76.8 Å². The molecule has 0 bridgehead atoms. The molecule has 0 aliphatic rings. The van der Waals surface area contributed by atoms with Gasteiger partial charge in [0.15, 0.2) is 23.2 Å². The molecule has 12 aromatic carbocycles. The molecule has 0 N–H and O–H groups in total. The Morgan fingerprint density at radius 1 is 0.326 bits per heavy atom. The first-order valence-electron chi connectivity index (χ1n) is 28.6. The van der Waals surface area contributed by atoms with Gasteiger partial charge in [-0.25, -0.2) is 19.8 Å². The quantitative estimate of drug-likeness (QED) is 0.142. The summed E-state index contributed by atoms with van der Waals surface area (Å²) in [4.78, 5) is 20.7. The Bertz CT molecular complexity index is 5720. The maximum Gasteiger partial charge on any atom is 0.189 e. The van der Waals surface area contributed by atoms with Crippen LogP contribution in [0.25, 0.3) is 160 Å². The first-order valence-corrected chi connectivity index (χ1v) is 28.6. The van der Waals surface area contributed by atoms with Gasteiger partial charge in [-0.2, -0.15) is 5.26 Å². The summed E-state index contributed by atoms with van der Waals surface area (Å²) in [5.41, 5.74) is 17.5. The Balaban J connectivity index is 0.961. The molecule has 9 nitrogen and oxygen atoms in total. The van der Waals surface area contributed by atoms with Crippen molar-refractivity contribution in [1.29, 1.82) is 5.26 Å². The van der Waals surface area contributed by atoms with Gasteiger partial charge in [-0.3, -0.25) is 0 Å². The van der Waals surface area contributed by atoms with Crippen molar-refractivity contribution in [3.8, 4) is 74.1 Å². The van der Waals surface area contributed by atoms with Gasteiger partial charge in [0.2, 0.25) is 0 Å². The highest BCUT2D eigenvalue weighted by atomic mass is 15.1. The van der Waals surface area contributed by atoms with Crippen LogP contribution >= 0.6 is 0 Å². The fraction of sp³-hybridized carbons (Fsp3) is 0. The molecule has 5 aromatic heterocycles. The molecule has 0 fully saturated rings. The highest BCUT2D eigenvalue weighted by Crippen LogP contribution is 2.47. The number of fused-ring (bicyclic) bond motifs is 14. The molecule has 0 saturated carbocycles. The van der Waals surface area contributed by atoms with E-state index in [0.29, 0.717) is 28.7 Å². The van der Waals surface area contributed by atoms with E-state index >= 15 is 0 Å². The zero-order chi connectivity index (χ0) is 57.0. The summed E-state index contributed by atoms with van der Waals surface area (Å²) < 4.78 is 9.45. The summed E-state index contributed by atoms with van der Waals surface area (Å²) in [6, 6.07) is 97.1. The molecule has 9 heteroatoms. The zero-order valence-electron chi connectivity index (χ0n) is 46.0. The maximum absolute atomic E-state index is 9.88. The van der Waals surface area contributed by atoms with Crippen LogP contribution in [-0.2, 0) is 0 Å². The van der Waals surface area contributed by atoms with Gasteiger partial charge in [-0.05, 0) is 102 Å². The van der Waals surface area contributed by atoms with Gasteiger partial charge in [0.25, 0.3) is 0 Å². The van der Waals surface area contributed by atoms with Crippen LogP contribution in [0.2, 0.25) is 0 Å². The number of para-hydroxylation sites is 6. The van der Waals surface area contributed by atoms with Crippen LogP contribution < -0.4 is 0 Å². The molecule has 0 atom stereocenters. The fourth-order valence-electron chi connectivity index (χ4n) is 13.4. The topological polar surface area (TPSA) is 86.5 Å². The van der Waals surface area contributed by atoms with E-state index in [1.165, 1.54) is 10.8 Å². The van der Waals surface area contributed by atoms with Crippen molar-refractivity contribution >= 4 is 92.9 Å². The van der Waals surface area contributed by atoms with E-state index < -0.39 is 0 Å². The summed E-state index contributed by atoms with van der Waals surface area (Å²) in [5, 5.41) is 18.9. The molecule has 0 amide bonds. The molecule has 0 unspecified atom stereocenters. The average Bonchev–Trinajstić information content (AvgIpc) is 1.67. The Morgan fingerprint density at radius 3 is 1.31 bits per heavy atom. The molecule has 0 aliphatic carbocycles.